The van der Waals surface area contributed by atoms with Crippen molar-refractivity contribution in [2.45, 2.75) is 0 Å². The third-order valence-corrected chi connectivity index (χ3v) is 6.84. The maximum absolute atomic E-state index is 5.49. The lowest BCUT2D eigenvalue weighted by Gasteiger charge is -1.92. The van der Waals surface area contributed by atoms with E-state index in [0.717, 1.165) is 40.3 Å². The van der Waals surface area contributed by atoms with Gasteiger partial charge in [-0.15, -0.1) is 46.9 Å². The van der Waals surface area contributed by atoms with Gasteiger partial charge in [0.15, 0.2) is 0 Å². The zero-order valence-electron chi connectivity index (χ0n) is 11.7. The molecule has 5 heteroatoms. The monoisotopic (exact) mass is 348 g/mol. The van der Waals surface area contributed by atoms with E-state index < -0.39 is 0 Å². The Hall–Kier alpha value is -2.44. The van der Waals surface area contributed by atoms with Crippen molar-refractivity contribution in [3.8, 4) is 44.2 Å². The lowest BCUT2D eigenvalue weighted by molar-refractivity contribution is 1.31. The summed E-state index contributed by atoms with van der Waals surface area (Å²) in [4.78, 5) is 15.3. The summed E-state index contributed by atoms with van der Waals surface area (Å²) >= 11 is 4.88. The van der Waals surface area contributed by atoms with Gasteiger partial charge in [-0.1, -0.05) is 11.8 Å². The van der Waals surface area contributed by atoms with Crippen LogP contribution in [0.5, 0.6) is 0 Å². The molecule has 0 fully saturated rings. The van der Waals surface area contributed by atoms with Crippen LogP contribution in [-0.4, -0.2) is 9.97 Å². The molecule has 0 spiro atoms. The van der Waals surface area contributed by atoms with Crippen LogP contribution in [-0.2, 0) is 0 Å². The van der Waals surface area contributed by atoms with Crippen molar-refractivity contribution < 1.29 is 0 Å². The highest BCUT2D eigenvalue weighted by Gasteiger charge is 2.18. The van der Waals surface area contributed by atoms with Crippen molar-refractivity contribution in [1.29, 1.82) is 0 Å². The molecule has 0 bridgehead atoms. The molecule has 0 saturated heterocycles. The van der Waals surface area contributed by atoms with E-state index in [4.69, 9.17) is 12.8 Å². The van der Waals surface area contributed by atoms with Crippen molar-refractivity contribution in [3.63, 3.8) is 0 Å². The molecular formula is C18H8N2S3. The number of hydrogen-bond acceptors (Lipinski definition) is 5. The first-order valence-electron chi connectivity index (χ1n) is 6.67. The standard InChI is InChI=1S/C18H8N2S3/c1-3-11-5-7-13(21-11)17-15-16(20-10-9-19-15)18(23-17)14-8-6-12(4-2)22-14/h1-2,5-10H. The molecule has 4 heterocycles. The summed E-state index contributed by atoms with van der Waals surface area (Å²) in [6, 6.07) is 8.02. The first kappa shape index (κ1) is 14.2. The molecule has 0 atom stereocenters. The molecule has 0 aromatic carbocycles. The van der Waals surface area contributed by atoms with Gasteiger partial charge < -0.3 is 0 Å². The zero-order chi connectivity index (χ0) is 15.8. The molecule has 4 aromatic rings. The molecule has 0 N–H and O–H groups in total. The van der Waals surface area contributed by atoms with Gasteiger partial charge in [0.25, 0.3) is 0 Å². The van der Waals surface area contributed by atoms with Crippen LogP contribution < -0.4 is 0 Å². The van der Waals surface area contributed by atoms with Gasteiger partial charge in [-0.3, -0.25) is 9.97 Å². The van der Waals surface area contributed by atoms with E-state index in [0.29, 0.717) is 0 Å². The van der Waals surface area contributed by atoms with Crippen molar-refractivity contribution in [2.24, 2.45) is 0 Å². The normalized spacial score (nSPS) is 10.5. The predicted molar refractivity (Wildman–Crippen MR) is 99.9 cm³/mol. The average molecular weight is 348 g/mol. The Bertz CT molecular complexity index is 1010. The third-order valence-electron chi connectivity index (χ3n) is 3.28. The Labute approximate surface area is 145 Å². The van der Waals surface area contributed by atoms with Crippen molar-refractivity contribution in [3.05, 3.63) is 46.4 Å². The SMILES string of the molecule is C#Cc1ccc(-c2sc(-c3ccc(C#C)s3)c3nccnc23)s1. The topological polar surface area (TPSA) is 25.8 Å². The van der Waals surface area contributed by atoms with E-state index >= 15 is 0 Å². The third kappa shape index (κ3) is 2.36. The number of rotatable bonds is 2. The van der Waals surface area contributed by atoms with Crippen molar-refractivity contribution >= 4 is 45.0 Å². The lowest BCUT2D eigenvalue weighted by Crippen LogP contribution is -1.79. The second-order valence-corrected chi connectivity index (χ2v) is 7.82. The molecule has 0 saturated carbocycles. The summed E-state index contributed by atoms with van der Waals surface area (Å²) < 4.78 is 0. The van der Waals surface area contributed by atoms with Gasteiger partial charge in [-0.2, -0.15) is 0 Å². The van der Waals surface area contributed by atoms with E-state index in [2.05, 4.69) is 21.8 Å². The van der Waals surface area contributed by atoms with Crippen LogP contribution in [0.15, 0.2) is 36.7 Å². The highest BCUT2D eigenvalue weighted by Crippen LogP contribution is 2.45. The van der Waals surface area contributed by atoms with E-state index in [1.54, 1.807) is 46.4 Å². The molecule has 0 unspecified atom stereocenters. The fourth-order valence-electron chi connectivity index (χ4n) is 2.28. The maximum atomic E-state index is 5.49. The molecule has 0 aliphatic heterocycles. The Morgan fingerprint density at radius 2 is 1.17 bits per heavy atom. The maximum Gasteiger partial charge on any atom is 0.109 e. The van der Waals surface area contributed by atoms with Gasteiger partial charge in [0.05, 0.1) is 19.5 Å². The summed E-state index contributed by atoms with van der Waals surface area (Å²) in [6.45, 7) is 0. The Balaban J connectivity index is 1.96. The quantitative estimate of drug-likeness (QED) is 0.470. The number of aromatic nitrogens is 2. The molecule has 4 aromatic heterocycles. The molecule has 108 valence electrons. The minimum Gasteiger partial charge on any atom is -0.251 e. The summed E-state index contributed by atoms with van der Waals surface area (Å²) in [6.07, 6.45) is 14.4. The number of thiophene rings is 3. The summed E-state index contributed by atoms with van der Waals surface area (Å²) in [5.74, 6) is 5.36. The van der Waals surface area contributed by atoms with Crippen LogP contribution in [0.1, 0.15) is 9.75 Å². The fraction of sp³-hybridized carbons (Fsp3) is 0. The molecule has 2 nitrogen and oxygen atoms in total. The molecule has 4 rings (SSSR count). The van der Waals surface area contributed by atoms with E-state index in [9.17, 15) is 0 Å². The van der Waals surface area contributed by atoms with Gasteiger partial charge in [-0.25, -0.2) is 0 Å². The smallest absolute Gasteiger partial charge is 0.109 e. The number of hydrogen-bond donors (Lipinski definition) is 0. The fourth-order valence-corrected chi connectivity index (χ4v) is 5.33. The molecular weight excluding hydrogens is 340 g/mol. The van der Waals surface area contributed by atoms with Crippen LogP contribution in [0.3, 0.4) is 0 Å². The minimum atomic E-state index is 0.911. The predicted octanol–water partition coefficient (Wildman–Crippen LogP) is 5.11. The molecule has 23 heavy (non-hydrogen) atoms. The first-order valence-corrected chi connectivity index (χ1v) is 9.12. The second-order valence-electron chi connectivity index (χ2n) is 4.63. The van der Waals surface area contributed by atoms with Gasteiger partial charge in [0.2, 0.25) is 0 Å². The molecule has 0 amide bonds. The Morgan fingerprint density at radius 3 is 1.57 bits per heavy atom. The molecule has 0 radical (unpaired) electrons. The highest BCUT2D eigenvalue weighted by molar-refractivity contribution is 7.28. The number of fused-ring (bicyclic) bond motifs is 1. The van der Waals surface area contributed by atoms with Crippen molar-refractivity contribution in [2.75, 3.05) is 0 Å². The largest absolute Gasteiger partial charge is 0.251 e. The van der Waals surface area contributed by atoms with Crippen LogP contribution in [0.2, 0.25) is 0 Å². The van der Waals surface area contributed by atoms with Gasteiger partial charge >= 0.3 is 0 Å². The van der Waals surface area contributed by atoms with E-state index in [1.807, 2.05) is 24.3 Å². The van der Waals surface area contributed by atoms with Crippen LogP contribution in [0.4, 0.5) is 0 Å². The van der Waals surface area contributed by atoms with E-state index in [-0.39, 0.29) is 0 Å². The van der Waals surface area contributed by atoms with Crippen LogP contribution in [0, 0.1) is 24.7 Å². The minimum absolute atomic E-state index is 0.911. The van der Waals surface area contributed by atoms with Crippen LogP contribution >= 0.6 is 34.0 Å². The van der Waals surface area contributed by atoms with Crippen LogP contribution in [0.25, 0.3) is 30.5 Å². The Kier molecular flexibility index (Phi) is 3.48. The van der Waals surface area contributed by atoms with Crippen molar-refractivity contribution in [1.82, 2.24) is 9.97 Å². The van der Waals surface area contributed by atoms with E-state index in [1.165, 1.54) is 0 Å². The number of terminal acetylenes is 2. The average Bonchev–Trinajstić information content (AvgIpc) is 3.31. The summed E-state index contributed by atoms with van der Waals surface area (Å²) in [7, 11) is 0. The highest BCUT2D eigenvalue weighted by atomic mass is 32.1. The van der Waals surface area contributed by atoms with Gasteiger partial charge in [0, 0.05) is 22.1 Å². The second kappa shape index (κ2) is 5.64. The van der Waals surface area contributed by atoms with Gasteiger partial charge in [-0.05, 0) is 24.3 Å². The molecule has 0 aliphatic rings. The Morgan fingerprint density at radius 1 is 0.696 bits per heavy atom. The summed E-state index contributed by atoms with van der Waals surface area (Å²) in [5, 5.41) is 0. The first-order chi connectivity index (χ1) is 11.3. The summed E-state index contributed by atoms with van der Waals surface area (Å²) in [5.41, 5.74) is 1.82. The zero-order valence-corrected chi connectivity index (χ0v) is 14.2. The molecule has 0 aliphatic carbocycles. The lowest BCUT2D eigenvalue weighted by atomic mass is 10.3. The number of nitrogens with zero attached hydrogens (tertiary/aromatic N) is 2. The van der Waals surface area contributed by atoms with Gasteiger partial charge in [0.1, 0.15) is 11.0 Å².